The molecule has 0 unspecified atom stereocenters. The van der Waals surface area contributed by atoms with E-state index in [9.17, 15) is 0 Å². The van der Waals surface area contributed by atoms with Crippen molar-refractivity contribution in [3.63, 3.8) is 0 Å². The Balaban J connectivity index is 1.88. The molecule has 0 saturated carbocycles. The minimum absolute atomic E-state index is 1.31. The summed E-state index contributed by atoms with van der Waals surface area (Å²) in [5, 5.41) is 4.77. The van der Waals surface area contributed by atoms with E-state index in [2.05, 4.69) is 55.1 Å². The second-order valence-electron chi connectivity index (χ2n) is 7.72. The Morgan fingerprint density at radius 1 is 0.957 bits per heavy atom. The van der Waals surface area contributed by atoms with Gasteiger partial charge in [-0.15, -0.1) is 0 Å². The van der Waals surface area contributed by atoms with Crippen molar-refractivity contribution in [3.8, 4) is 11.3 Å². The molecular formula is C21H28GeN+. The van der Waals surface area contributed by atoms with Crippen LogP contribution in [0, 0.1) is 6.92 Å². The number of nitrogens with zero attached hydrogens (tertiary/aromatic N) is 1. The van der Waals surface area contributed by atoms with Gasteiger partial charge >= 0.3 is 143 Å². The van der Waals surface area contributed by atoms with Crippen molar-refractivity contribution in [2.45, 2.75) is 54.8 Å². The zero-order chi connectivity index (χ0) is 15.9. The van der Waals surface area contributed by atoms with Crippen LogP contribution in [-0.4, -0.2) is 13.3 Å². The summed E-state index contributed by atoms with van der Waals surface area (Å²) >= 11 is -1.80. The quantitative estimate of drug-likeness (QED) is 0.524. The standard InChI is InChI=1S/C21H28GeN/c1-17-9-4-5-11-19(17)21-15-20-18(16-23(21)2)10-8-14-22(20)12-6-3-7-13-22/h4-5,9,11,15-16H,3,6-8,10,12-14H2,1-2H3/q+1. The van der Waals surface area contributed by atoms with Gasteiger partial charge < -0.3 is 0 Å². The van der Waals surface area contributed by atoms with Gasteiger partial charge in [-0.05, 0) is 0 Å². The molecule has 120 valence electrons. The summed E-state index contributed by atoms with van der Waals surface area (Å²) in [6.07, 6.45) is 9.71. The van der Waals surface area contributed by atoms with Crippen LogP contribution in [0.15, 0.2) is 36.5 Å². The molecule has 0 N–H and O–H groups in total. The Labute approximate surface area is 143 Å². The molecule has 0 radical (unpaired) electrons. The number of benzene rings is 1. The average molecular weight is 367 g/mol. The molecular weight excluding hydrogens is 339 g/mol. The van der Waals surface area contributed by atoms with E-state index < -0.39 is 13.3 Å². The van der Waals surface area contributed by atoms with E-state index in [0.29, 0.717) is 0 Å². The second kappa shape index (κ2) is 6.09. The molecule has 2 aromatic rings. The first-order valence-electron chi connectivity index (χ1n) is 9.29. The van der Waals surface area contributed by atoms with Gasteiger partial charge in [0.25, 0.3) is 0 Å². The van der Waals surface area contributed by atoms with Crippen LogP contribution in [0.5, 0.6) is 0 Å². The van der Waals surface area contributed by atoms with Gasteiger partial charge in [0.15, 0.2) is 0 Å². The fourth-order valence-electron chi connectivity index (χ4n) is 5.02. The summed E-state index contributed by atoms with van der Waals surface area (Å²) in [4.78, 5) is 0. The van der Waals surface area contributed by atoms with Crippen molar-refractivity contribution in [1.82, 2.24) is 0 Å². The van der Waals surface area contributed by atoms with Gasteiger partial charge in [0.05, 0.1) is 0 Å². The molecule has 1 aromatic heterocycles. The summed E-state index contributed by atoms with van der Waals surface area (Å²) in [6, 6.07) is 11.5. The maximum atomic E-state index is 2.63. The molecule has 0 amide bonds. The third-order valence-electron chi connectivity index (χ3n) is 6.26. The number of fused-ring (bicyclic) bond motifs is 2. The SMILES string of the molecule is Cc1ccccc1-c1c[c]2c(c[n+]1C)CC[CH2][Ge]21[CH2]CCC[CH2]1. The fourth-order valence-corrected chi connectivity index (χ4v) is 16.7. The Hall–Kier alpha value is -1.09. The number of aromatic nitrogens is 1. The summed E-state index contributed by atoms with van der Waals surface area (Å²) < 4.78 is 4.25. The van der Waals surface area contributed by atoms with Gasteiger partial charge in [-0.2, -0.15) is 0 Å². The van der Waals surface area contributed by atoms with E-state index in [1.54, 1.807) is 21.3 Å². The minimum atomic E-state index is -1.80. The predicted molar refractivity (Wildman–Crippen MR) is 99.8 cm³/mol. The number of aryl methyl sites for hydroxylation is 3. The first-order chi connectivity index (χ1) is 11.2. The zero-order valence-corrected chi connectivity index (χ0v) is 16.7. The molecule has 0 atom stereocenters. The Bertz CT molecular complexity index is 729. The number of hydrogen-bond acceptors (Lipinski definition) is 0. The van der Waals surface area contributed by atoms with Crippen molar-refractivity contribution in [2.75, 3.05) is 0 Å². The van der Waals surface area contributed by atoms with Gasteiger partial charge in [-0.3, -0.25) is 0 Å². The van der Waals surface area contributed by atoms with Crippen molar-refractivity contribution in [3.05, 3.63) is 47.7 Å². The molecule has 23 heavy (non-hydrogen) atoms. The third kappa shape index (κ3) is 2.67. The van der Waals surface area contributed by atoms with E-state index in [-0.39, 0.29) is 0 Å². The van der Waals surface area contributed by atoms with Crippen LogP contribution in [-0.2, 0) is 13.5 Å². The molecule has 0 aliphatic carbocycles. The Morgan fingerprint density at radius 3 is 2.48 bits per heavy atom. The van der Waals surface area contributed by atoms with Gasteiger partial charge in [-0.25, -0.2) is 0 Å². The summed E-state index contributed by atoms with van der Waals surface area (Å²) in [7, 11) is 2.23. The second-order valence-corrected chi connectivity index (χ2v) is 17.4. The molecule has 1 aromatic carbocycles. The van der Waals surface area contributed by atoms with Gasteiger partial charge in [0, 0.05) is 0 Å². The molecule has 3 heterocycles. The van der Waals surface area contributed by atoms with Crippen LogP contribution < -0.4 is 8.96 Å². The van der Waals surface area contributed by atoms with Crippen LogP contribution in [0.2, 0.25) is 15.8 Å². The number of rotatable bonds is 1. The van der Waals surface area contributed by atoms with Crippen LogP contribution in [0.3, 0.4) is 0 Å². The fraction of sp³-hybridized carbons (Fsp3) is 0.476. The van der Waals surface area contributed by atoms with E-state index in [1.807, 2.05) is 4.40 Å². The average Bonchev–Trinajstić information content (AvgIpc) is 2.56. The molecule has 2 heteroatoms. The van der Waals surface area contributed by atoms with Crippen LogP contribution in [0.4, 0.5) is 0 Å². The van der Waals surface area contributed by atoms with Gasteiger partial charge in [-0.1, -0.05) is 0 Å². The van der Waals surface area contributed by atoms with E-state index in [0.717, 1.165) is 0 Å². The summed E-state index contributed by atoms with van der Waals surface area (Å²) in [6.45, 7) is 2.24. The van der Waals surface area contributed by atoms with Crippen molar-refractivity contribution < 1.29 is 4.57 Å². The van der Waals surface area contributed by atoms with Gasteiger partial charge in [0.2, 0.25) is 0 Å². The monoisotopic (exact) mass is 368 g/mol. The molecule has 1 nitrogen and oxygen atoms in total. The molecule has 1 spiro atoms. The molecule has 4 rings (SSSR count). The van der Waals surface area contributed by atoms with E-state index >= 15 is 0 Å². The van der Waals surface area contributed by atoms with Crippen molar-refractivity contribution >= 4 is 17.7 Å². The van der Waals surface area contributed by atoms with Gasteiger partial charge in [0.1, 0.15) is 0 Å². The van der Waals surface area contributed by atoms with Crippen LogP contribution >= 0.6 is 0 Å². The Kier molecular flexibility index (Phi) is 4.09. The topological polar surface area (TPSA) is 3.88 Å². The van der Waals surface area contributed by atoms with Crippen molar-refractivity contribution in [1.29, 1.82) is 0 Å². The van der Waals surface area contributed by atoms with E-state index in [4.69, 9.17) is 0 Å². The molecule has 1 saturated heterocycles. The first-order valence-corrected chi connectivity index (χ1v) is 14.8. The molecule has 2 aliphatic heterocycles. The summed E-state index contributed by atoms with van der Waals surface area (Å²) in [5.41, 5.74) is 5.93. The van der Waals surface area contributed by atoms with Crippen LogP contribution in [0.1, 0.15) is 36.8 Å². The maximum absolute atomic E-state index is 2.63. The normalized spacial score (nSPS) is 19.6. The first kappa shape index (κ1) is 15.4. The van der Waals surface area contributed by atoms with Crippen molar-refractivity contribution in [2.24, 2.45) is 7.05 Å². The third-order valence-corrected chi connectivity index (χ3v) is 17.9. The zero-order valence-electron chi connectivity index (χ0n) is 14.6. The number of hydrogen-bond donors (Lipinski definition) is 0. The molecule has 2 aliphatic rings. The number of pyridine rings is 1. The Morgan fingerprint density at radius 2 is 1.70 bits per heavy atom. The predicted octanol–water partition coefficient (Wildman–Crippen LogP) is 4.27. The van der Waals surface area contributed by atoms with Crippen LogP contribution in [0.25, 0.3) is 11.3 Å². The molecule has 0 bridgehead atoms. The van der Waals surface area contributed by atoms with E-state index in [1.165, 1.54) is 48.9 Å². The molecule has 1 fully saturated rings. The summed E-state index contributed by atoms with van der Waals surface area (Å²) in [5.74, 6) is 0.